The second kappa shape index (κ2) is 8.66. The lowest BCUT2D eigenvalue weighted by Crippen LogP contribution is -2.54. The van der Waals surface area contributed by atoms with E-state index in [4.69, 9.17) is 0 Å². The van der Waals surface area contributed by atoms with Crippen molar-refractivity contribution in [3.63, 3.8) is 0 Å². The molecule has 0 aromatic heterocycles. The first-order valence-electron chi connectivity index (χ1n) is 10.4. The SMILES string of the molecule is C[C@@H]1CCCN([C@H](C)CNC(=O)[C@H]2CCCCN2C2CCCC2)C1. The summed E-state index contributed by atoms with van der Waals surface area (Å²) >= 11 is 0. The molecule has 3 rings (SSSR count). The van der Waals surface area contributed by atoms with E-state index < -0.39 is 0 Å². The smallest absolute Gasteiger partial charge is 0.237 e. The lowest BCUT2D eigenvalue weighted by molar-refractivity contribution is -0.129. The fourth-order valence-corrected chi connectivity index (χ4v) is 5.03. The van der Waals surface area contributed by atoms with Crippen LogP contribution < -0.4 is 5.32 Å². The Labute approximate surface area is 148 Å². The van der Waals surface area contributed by atoms with Crippen molar-refractivity contribution < 1.29 is 4.79 Å². The molecule has 0 aromatic carbocycles. The van der Waals surface area contributed by atoms with Crippen LogP contribution in [0.1, 0.15) is 71.6 Å². The number of piperidine rings is 2. The predicted octanol–water partition coefficient (Wildman–Crippen LogP) is 3.02. The molecule has 3 aliphatic rings. The van der Waals surface area contributed by atoms with E-state index in [1.54, 1.807) is 0 Å². The average Bonchev–Trinajstić information content (AvgIpc) is 3.14. The number of carbonyl (C=O) groups excluding carboxylic acids is 1. The van der Waals surface area contributed by atoms with Crippen LogP contribution in [0.25, 0.3) is 0 Å². The molecule has 0 unspecified atom stereocenters. The first-order valence-corrected chi connectivity index (χ1v) is 10.4. The van der Waals surface area contributed by atoms with E-state index in [1.165, 1.54) is 64.5 Å². The van der Waals surface area contributed by atoms with Crippen molar-refractivity contribution >= 4 is 5.91 Å². The van der Waals surface area contributed by atoms with Crippen molar-refractivity contribution in [3.8, 4) is 0 Å². The summed E-state index contributed by atoms with van der Waals surface area (Å²) in [6.45, 7) is 8.93. The van der Waals surface area contributed by atoms with Gasteiger partial charge in [-0.3, -0.25) is 14.6 Å². The fraction of sp³-hybridized carbons (Fsp3) is 0.950. The van der Waals surface area contributed by atoms with Gasteiger partial charge in [-0.05, 0) is 64.5 Å². The standard InChI is InChI=1S/C20H37N3O/c1-16-8-7-12-22(15-16)17(2)14-21-20(24)19-11-5-6-13-23(19)18-9-3-4-10-18/h16-19H,3-15H2,1-2H3,(H,21,24)/t16-,17-,19-/m1/s1. The van der Waals surface area contributed by atoms with Crippen LogP contribution >= 0.6 is 0 Å². The quantitative estimate of drug-likeness (QED) is 0.839. The molecule has 0 radical (unpaired) electrons. The minimum absolute atomic E-state index is 0.134. The second-order valence-electron chi connectivity index (χ2n) is 8.52. The van der Waals surface area contributed by atoms with Gasteiger partial charge < -0.3 is 5.32 Å². The molecule has 3 atom stereocenters. The number of likely N-dealkylation sites (tertiary alicyclic amines) is 2. The normalized spacial score (nSPS) is 31.9. The van der Waals surface area contributed by atoms with Gasteiger partial charge in [0.1, 0.15) is 0 Å². The summed E-state index contributed by atoms with van der Waals surface area (Å²) in [5.74, 6) is 1.09. The molecule has 3 fully saturated rings. The molecule has 138 valence electrons. The third-order valence-corrected chi connectivity index (χ3v) is 6.52. The molecule has 24 heavy (non-hydrogen) atoms. The zero-order chi connectivity index (χ0) is 16.9. The molecule has 4 heteroatoms. The molecule has 2 aliphatic heterocycles. The summed E-state index contributed by atoms with van der Waals surface area (Å²) in [5, 5.41) is 3.30. The number of carbonyl (C=O) groups is 1. The number of nitrogens with zero attached hydrogens (tertiary/aromatic N) is 2. The highest BCUT2D eigenvalue weighted by molar-refractivity contribution is 5.81. The van der Waals surface area contributed by atoms with Crippen LogP contribution in [0, 0.1) is 5.92 Å². The maximum Gasteiger partial charge on any atom is 0.237 e. The highest BCUT2D eigenvalue weighted by Crippen LogP contribution is 2.29. The fourth-order valence-electron chi connectivity index (χ4n) is 5.03. The van der Waals surface area contributed by atoms with Crippen molar-refractivity contribution in [3.05, 3.63) is 0 Å². The summed E-state index contributed by atoms with van der Waals surface area (Å²) in [4.78, 5) is 17.9. The maximum atomic E-state index is 12.8. The van der Waals surface area contributed by atoms with E-state index in [-0.39, 0.29) is 6.04 Å². The van der Waals surface area contributed by atoms with Crippen molar-refractivity contribution in [2.24, 2.45) is 5.92 Å². The molecule has 1 N–H and O–H groups in total. The summed E-state index contributed by atoms with van der Waals surface area (Å²) in [6, 6.07) is 1.26. The summed E-state index contributed by atoms with van der Waals surface area (Å²) in [6.07, 6.45) is 11.5. The Morgan fingerprint density at radius 3 is 2.54 bits per heavy atom. The molecule has 2 heterocycles. The van der Waals surface area contributed by atoms with Gasteiger partial charge in [0, 0.05) is 25.2 Å². The molecule has 0 bridgehead atoms. The van der Waals surface area contributed by atoms with E-state index in [9.17, 15) is 4.79 Å². The molecule has 0 spiro atoms. The first-order chi connectivity index (χ1) is 11.6. The van der Waals surface area contributed by atoms with Crippen LogP contribution in [-0.2, 0) is 4.79 Å². The lowest BCUT2D eigenvalue weighted by atomic mass is 9.97. The molecule has 1 amide bonds. The van der Waals surface area contributed by atoms with Crippen LogP contribution in [0.3, 0.4) is 0 Å². The zero-order valence-electron chi connectivity index (χ0n) is 15.8. The van der Waals surface area contributed by atoms with Crippen molar-refractivity contribution in [2.45, 2.75) is 89.8 Å². The number of nitrogens with one attached hydrogen (secondary N) is 1. The van der Waals surface area contributed by atoms with Gasteiger partial charge in [0.2, 0.25) is 5.91 Å². The van der Waals surface area contributed by atoms with E-state index in [1.807, 2.05) is 0 Å². The minimum Gasteiger partial charge on any atom is -0.353 e. The third-order valence-electron chi connectivity index (χ3n) is 6.52. The van der Waals surface area contributed by atoms with Crippen LogP contribution in [0.5, 0.6) is 0 Å². The Hall–Kier alpha value is -0.610. The van der Waals surface area contributed by atoms with Crippen molar-refractivity contribution in [1.82, 2.24) is 15.1 Å². The summed E-state index contributed by atoms with van der Waals surface area (Å²) in [5.41, 5.74) is 0. The van der Waals surface area contributed by atoms with Gasteiger partial charge in [-0.15, -0.1) is 0 Å². The van der Waals surface area contributed by atoms with Gasteiger partial charge in [-0.1, -0.05) is 26.2 Å². The van der Waals surface area contributed by atoms with E-state index in [0.29, 0.717) is 18.0 Å². The van der Waals surface area contributed by atoms with Crippen molar-refractivity contribution in [1.29, 1.82) is 0 Å². The zero-order valence-corrected chi connectivity index (χ0v) is 15.8. The predicted molar refractivity (Wildman–Crippen MR) is 99.0 cm³/mol. The Bertz CT molecular complexity index is 408. The lowest BCUT2D eigenvalue weighted by Gasteiger charge is -2.39. The number of hydrogen-bond donors (Lipinski definition) is 1. The van der Waals surface area contributed by atoms with Gasteiger partial charge >= 0.3 is 0 Å². The molecule has 2 saturated heterocycles. The maximum absolute atomic E-state index is 12.8. The highest BCUT2D eigenvalue weighted by atomic mass is 16.2. The third kappa shape index (κ3) is 4.51. The monoisotopic (exact) mass is 335 g/mol. The summed E-state index contributed by atoms with van der Waals surface area (Å²) < 4.78 is 0. The summed E-state index contributed by atoms with van der Waals surface area (Å²) in [7, 11) is 0. The molecule has 1 saturated carbocycles. The Balaban J connectivity index is 1.49. The Morgan fingerprint density at radius 1 is 1.04 bits per heavy atom. The van der Waals surface area contributed by atoms with Gasteiger partial charge in [0.05, 0.1) is 6.04 Å². The number of rotatable bonds is 5. The van der Waals surface area contributed by atoms with E-state index in [0.717, 1.165) is 25.4 Å². The van der Waals surface area contributed by atoms with Gasteiger partial charge in [-0.25, -0.2) is 0 Å². The topological polar surface area (TPSA) is 35.6 Å². The van der Waals surface area contributed by atoms with Crippen LogP contribution in [-0.4, -0.2) is 60.0 Å². The van der Waals surface area contributed by atoms with Gasteiger partial charge in [0.15, 0.2) is 0 Å². The van der Waals surface area contributed by atoms with Crippen LogP contribution in [0.2, 0.25) is 0 Å². The highest BCUT2D eigenvalue weighted by Gasteiger charge is 2.34. The van der Waals surface area contributed by atoms with Gasteiger partial charge in [0.25, 0.3) is 0 Å². The first kappa shape index (κ1) is 18.2. The number of amides is 1. The molecule has 1 aliphatic carbocycles. The van der Waals surface area contributed by atoms with Crippen molar-refractivity contribution in [2.75, 3.05) is 26.2 Å². The van der Waals surface area contributed by atoms with Crippen LogP contribution in [0.4, 0.5) is 0 Å². The second-order valence-corrected chi connectivity index (χ2v) is 8.52. The molecule has 4 nitrogen and oxygen atoms in total. The average molecular weight is 336 g/mol. The van der Waals surface area contributed by atoms with Gasteiger partial charge in [-0.2, -0.15) is 0 Å². The van der Waals surface area contributed by atoms with E-state index in [2.05, 4.69) is 29.0 Å². The van der Waals surface area contributed by atoms with Crippen LogP contribution in [0.15, 0.2) is 0 Å². The van der Waals surface area contributed by atoms with E-state index >= 15 is 0 Å². The number of hydrogen-bond acceptors (Lipinski definition) is 3. The largest absolute Gasteiger partial charge is 0.353 e. The molecular formula is C20H37N3O. The molecular weight excluding hydrogens is 298 g/mol. The molecule has 0 aromatic rings. The Kier molecular flexibility index (Phi) is 6.56. The minimum atomic E-state index is 0.134. The Morgan fingerprint density at radius 2 is 1.79 bits per heavy atom.